The Morgan fingerprint density at radius 1 is 1.14 bits per heavy atom. The summed E-state index contributed by atoms with van der Waals surface area (Å²) in [4.78, 5) is 15.6. The summed E-state index contributed by atoms with van der Waals surface area (Å²) >= 11 is 6.05. The van der Waals surface area contributed by atoms with Gasteiger partial charge in [0.1, 0.15) is 0 Å². The number of carbonyl (C=O) groups excluding carboxylic acids is 1. The Bertz CT molecular complexity index is 750. The van der Waals surface area contributed by atoms with E-state index in [-0.39, 0.29) is 5.91 Å². The highest BCUT2D eigenvalue weighted by Crippen LogP contribution is 2.35. The smallest absolute Gasteiger partial charge is 0.256 e. The average Bonchev–Trinajstić information content (AvgIpc) is 3.01. The van der Waals surface area contributed by atoms with Crippen molar-refractivity contribution in [2.45, 2.75) is 25.7 Å². The maximum absolute atomic E-state index is 12.2. The number of benzene rings is 1. The van der Waals surface area contributed by atoms with Crippen LogP contribution < -0.4 is 5.32 Å². The lowest BCUT2D eigenvalue weighted by atomic mass is 9.98. The average molecular weight is 299 g/mol. The molecule has 2 aromatic rings. The summed E-state index contributed by atoms with van der Waals surface area (Å²) in [6, 6.07) is 7.63. The Labute approximate surface area is 128 Å². The third-order valence-corrected chi connectivity index (χ3v) is 4.44. The van der Waals surface area contributed by atoms with Crippen LogP contribution in [0.3, 0.4) is 0 Å². The molecule has 0 spiro atoms. The molecular formula is C17H15ClN2O. The molecule has 0 saturated carbocycles. The first-order valence-corrected chi connectivity index (χ1v) is 7.62. The van der Waals surface area contributed by atoms with E-state index >= 15 is 0 Å². The molecule has 0 fully saturated rings. The molecule has 1 aromatic carbocycles. The number of fused-ring (bicyclic) bond motifs is 2. The Balaban J connectivity index is 1.78. The van der Waals surface area contributed by atoms with E-state index in [1.165, 1.54) is 24.1 Å². The molecule has 21 heavy (non-hydrogen) atoms. The van der Waals surface area contributed by atoms with Crippen LogP contribution in [0, 0.1) is 0 Å². The second-order valence-corrected chi connectivity index (χ2v) is 6.07. The lowest BCUT2D eigenvalue weighted by molar-refractivity contribution is -0.110. The topological polar surface area (TPSA) is 44.9 Å². The predicted molar refractivity (Wildman–Crippen MR) is 85.4 cm³/mol. The summed E-state index contributed by atoms with van der Waals surface area (Å²) in [5.74, 6) is -0.0696. The molecule has 2 N–H and O–H groups in total. The molecule has 0 radical (unpaired) electrons. The van der Waals surface area contributed by atoms with Crippen molar-refractivity contribution in [2.24, 2.45) is 0 Å². The lowest BCUT2D eigenvalue weighted by Gasteiger charge is -2.08. The number of halogens is 1. The van der Waals surface area contributed by atoms with Gasteiger partial charge in [-0.15, -0.1) is 0 Å². The number of aromatic nitrogens is 1. The van der Waals surface area contributed by atoms with Crippen molar-refractivity contribution in [1.82, 2.24) is 4.98 Å². The summed E-state index contributed by atoms with van der Waals surface area (Å²) < 4.78 is 0. The fourth-order valence-electron chi connectivity index (χ4n) is 3.17. The van der Waals surface area contributed by atoms with Crippen molar-refractivity contribution in [3.8, 4) is 0 Å². The van der Waals surface area contributed by atoms with Gasteiger partial charge < -0.3 is 10.3 Å². The zero-order valence-corrected chi connectivity index (χ0v) is 12.3. The molecule has 2 heterocycles. The van der Waals surface area contributed by atoms with Gasteiger partial charge in [-0.05, 0) is 61.6 Å². The quantitative estimate of drug-likeness (QED) is 0.767. The molecule has 4 heteroatoms. The van der Waals surface area contributed by atoms with Gasteiger partial charge in [0.2, 0.25) is 0 Å². The van der Waals surface area contributed by atoms with Gasteiger partial charge in [0, 0.05) is 27.7 Å². The van der Waals surface area contributed by atoms with E-state index in [0.717, 1.165) is 29.8 Å². The molecule has 0 atom stereocenters. The monoisotopic (exact) mass is 298 g/mol. The Kier molecular flexibility index (Phi) is 2.89. The maximum Gasteiger partial charge on any atom is 0.256 e. The molecule has 3 nitrogen and oxygen atoms in total. The highest BCUT2D eigenvalue weighted by molar-refractivity contribution is 6.36. The molecule has 1 aliphatic heterocycles. The number of amides is 1. The zero-order chi connectivity index (χ0) is 14.4. The van der Waals surface area contributed by atoms with Crippen LogP contribution in [0.2, 0.25) is 5.02 Å². The van der Waals surface area contributed by atoms with Gasteiger partial charge in [-0.3, -0.25) is 4.79 Å². The van der Waals surface area contributed by atoms with Crippen LogP contribution in [0.25, 0.3) is 11.6 Å². The second kappa shape index (κ2) is 4.78. The fourth-order valence-corrected chi connectivity index (χ4v) is 3.34. The highest BCUT2D eigenvalue weighted by Gasteiger charge is 2.24. The van der Waals surface area contributed by atoms with Crippen molar-refractivity contribution >= 4 is 34.8 Å². The fraction of sp³-hybridized carbons (Fsp3) is 0.235. The second-order valence-electron chi connectivity index (χ2n) is 5.64. The number of aryl methyl sites for hydroxylation is 2. The number of anilines is 1. The summed E-state index contributed by atoms with van der Waals surface area (Å²) in [6.07, 6.45) is 6.65. The van der Waals surface area contributed by atoms with Crippen LogP contribution in [0.1, 0.15) is 35.4 Å². The third kappa shape index (κ3) is 2.18. The van der Waals surface area contributed by atoms with Gasteiger partial charge in [0.15, 0.2) is 0 Å². The van der Waals surface area contributed by atoms with Crippen LogP contribution in [0.5, 0.6) is 0 Å². The SMILES string of the molecule is O=C1Nc2ccc(Cl)cc2C1=Cc1cc2c([nH]1)CCCC2. The van der Waals surface area contributed by atoms with Crippen molar-refractivity contribution in [1.29, 1.82) is 0 Å². The van der Waals surface area contributed by atoms with Crippen molar-refractivity contribution < 1.29 is 4.79 Å². The summed E-state index contributed by atoms with van der Waals surface area (Å²) in [5.41, 5.74) is 6.08. The number of rotatable bonds is 1. The van der Waals surface area contributed by atoms with E-state index < -0.39 is 0 Å². The van der Waals surface area contributed by atoms with Gasteiger partial charge in [-0.2, -0.15) is 0 Å². The normalized spacial score (nSPS) is 18.5. The molecule has 0 saturated heterocycles. The number of nitrogens with one attached hydrogen (secondary N) is 2. The van der Waals surface area contributed by atoms with E-state index in [2.05, 4.69) is 16.4 Å². The minimum atomic E-state index is -0.0696. The van der Waals surface area contributed by atoms with Crippen LogP contribution in [-0.4, -0.2) is 10.9 Å². The predicted octanol–water partition coefficient (Wildman–Crippen LogP) is 4.04. The number of carbonyl (C=O) groups is 1. The van der Waals surface area contributed by atoms with Crippen molar-refractivity contribution in [3.63, 3.8) is 0 Å². The van der Waals surface area contributed by atoms with Crippen molar-refractivity contribution in [2.75, 3.05) is 5.32 Å². The van der Waals surface area contributed by atoms with Gasteiger partial charge in [0.25, 0.3) is 5.91 Å². The maximum atomic E-state index is 12.2. The Hall–Kier alpha value is -2.00. The van der Waals surface area contributed by atoms with E-state index in [1.807, 2.05) is 18.2 Å². The molecule has 1 aliphatic carbocycles. The largest absolute Gasteiger partial charge is 0.359 e. The number of hydrogen-bond acceptors (Lipinski definition) is 1. The van der Waals surface area contributed by atoms with Gasteiger partial charge in [-0.1, -0.05) is 11.6 Å². The molecule has 1 aromatic heterocycles. The number of aromatic amines is 1. The van der Waals surface area contributed by atoms with Gasteiger partial charge in [0.05, 0.1) is 5.57 Å². The number of hydrogen-bond donors (Lipinski definition) is 2. The van der Waals surface area contributed by atoms with Crippen LogP contribution >= 0.6 is 11.6 Å². The Morgan fingerprint density at radius 2 is 2.00 bits per heavy atom. The third-order valence-electron chi connectivity index (χ3n) is 4.20. The number of H-pyrrole nitrogens is 1. The molecule has 1 amide bonds. The van der Waals surface area contributed by atoms with E-state index in [0.29, 0.717) is 10.6 Å². The van der Waals surface area contributed by atoms with E-state index in [1.54, 1.807) is 6.07 Å². The zero-order valence-electron chi connectivity index (χ0n) is 11.5. The van der Waals surface area contributed by atoms with Crippen LogP contribution in [0.4, 0.5) is 5.69 Å². The molecule has 0 bridgehead atoms. The first-order chi connectivity index (χ1) is 10.2. The standard InChI is InChI=1S/C17H15ClN2O/c18-11-5-6-16-13(8-11)14(17(21)20-16)9-12-7-10-3-1-2-4-15(10)19-12/h5-9,19H,1-4H2,(H,20,21). The molecule has 0 unspecified atom stereocenters. The van der Waals surface area contributed by atoms with Crippen molar-refractivity contribution in [3.05, 3.63) is 51.8 Å². The van der Waals surface area contributed by atoms with E-state index in [9.17, 15) is 4.79 Å². The van der Waals surface area contributed by atoms with Crippen LogP contribution in [-0.2, 0) is 17.6 Å². The highest BCUT2D eigenvalue weighted by atomic mass is 35.5. The molecule has 4 rings (SSSR count). The van der Waals surface area contributed by atoms with Gasteiger partial charge >= 0.3 is 0 Å². The molecule has 106 valence electrons. The van der Waals surface area contributed by atoms with E-state index in [4.69, 9.17) is 11.6 Å². The first-order valence-electron chi connectivity index (χ1n) is 7.24. The summed E-state index contributed by atoms with van der Waals surface area (Å²) in [6.45, 7) is 0. The minimum absolute atomic E-state index is 0.0696. The summed E-state index contributed by atoms with van der Waals surface area (Å²) in [5, 5.41) is 3.52. The van der Waals surface area contributed by atoms with Gasteiger partial charge in [-0.25, -0.2) is 0 Å². The lowest BCUT2D eigenvalue weighted by Crippen LogP contribution is -2.03. The summed E-state index contributed by atoms with van der Waals surface area (Å²) in [7, 11) is 0. The van der Waals surface area contributed by atoms with Crippen LogP contribution in [0.15, 0.2) is 24.3 Å². The first kappa shape index (κ1) is 12.7. The Morgan fingerprint density at radius 3 is 2.86 bits per heavy atom. The molecular weight excluding hydrogens is 284 g/mol. The minimum Gasteiger partial charge on any atom is -0.359 e. The molecule has 2 aliphatic rings.